The lowest BCUT2D eigenvalue weighted by Gasteiger charge is -2.29. The number of amides is 2. The minimum atomic E-state index is -0.584. The summed E-state index contributed by atoms with van der Waals surface area (Å²) in [6.07, 6.45) is 1.49. The molecule has 0 aromatic heterocycles. The van der Waals surface area contributed by atoms with E-state index < -0.39 is 11.8 Å². The van der Waals surface area contributed by atoms with Gasteiger partial charge in [-0.3, -0.25) is 19.8 Å². The molecule has 0 unspecified atom stereocenters. The van der Waals surface area contributed by atoms with Crippen LogP contribution in [0, 0.1) is 3.57 Å². The molecule has 1 aliphatic heterocycles. The SMILES string of the molecule is COc1ccc(/C=C2\C(=O)NC(=S)N(c3cccc(Cl)c3Cl)C2=O)cc1I. The zero-order chi connectivity index (χ0) is 19.7. The van der Waals surface area contributed by atoms with Gasteiger partial charge < -0.3 is 4.74 Å². The first-order valence-corrected chi connectivity index (χ1v) is 9.76. The quantitative estimate of drug-likeness (QED) is 0.275. The number of hydrogen-bond donors (Lipinski definition) is 1. The van der Waals surface area contributed by atoms with Gasteiger partial charge >= 0.3 is 0 Å². The van der Waals surface area contributed by atoms with Gasteiger partial charge in [-0.1, -0.05) is 35.3 Å². The minimum Gasteiger partial charge on any atom is -0.496 e. The molecule has 2 amide bonds. The van der Waals surface area contributed by atoms with Crippen LogP contribution in [-0.2, 0) is 9.59 Å². The van der Waals surface area contributed by atoms with Crippen molar-refractivity contribution in [2.75, 3.05) is 12.0 Å². The molecule has 2 aromatic carbocycles. The van der Waals surface area contributed by atoms with E-state index in [4.69, 9.17) is 40.2 Å². The van der Waals surface area contributed by atoms with Crippen LogP contribution in [0.4, 0.5) is 5.69 Å². The van der Waals surface area contributed by atoms with Crippen molar-refractivity contribution in [2.24, 2.45) is 0 Å². The van der Waals surface area contributed by atoms with Crippen LogP contribution < -0.4 is 15.0 Å². The fourth-order valence-corrected chi connectivity index (χ4v) is 3.89. The first-order chi connectivity index (χ1) is 12.8. The molecule has 0 atom stereocenters. The molecule has 1 aliphatic rings. The molecule has 1 heterocycles. The van der Waals surface area contributed by atoms with Gasteiger partial charge in [0, 0.05) is 0 Å². The lowest BCUT2D eigenvalue weighted by molar-refractivity contribution is -0.122. The maximum absolute atomic E-state index is 13.0. The Labute approximate surface area is 184 Å². The van der Waals surface area contributed by atoms with Crippen molar-refractivity contribution in [3.8, 4) is 5.75 Å². The van der Waals surface area contributed by atoms with Gasteiger partial charge in [0.25, 0.3) is 11.8 Å². The van der Waals surface area contributed by atoms with Gasteiger partial charge in [0.1, 0.15) is 11.3 Å². The Morgan fingerprint density at radius 3 is 2.63 bits per heavy atom. The monoisotopic (exact) mass is 532 g/mol. The summed E-state index contributed by atoms with van der Waals surface area (Å²) in [5.41, 5.74) is 0.902. The Hall–Kier alpha value is -1.68. The number of hydrogen-bond acceptors (Lipinski definition) is 4. The summed E-state index contributed by atoms with van der Waals surface area (Å²) >= 11 is 19.5. The van der Waals surface area contributed by atoms with Gasteiger partial charge in [-0.2, -0.15) is 0 Å². The third-order valence-electron chi connectivity index (χ3n) is 3.76. The zero-order valence-electron chi connectivity index (χ0n) is 13.8. The first kappa shape index (κ1) is 20.1. The van der Waals surface area contributed by atoms with Crippen LogP contribution >= 0.6 is 58.0 Å². The molecule has 1 fully saturated rings. The number of nitrogens with one attached hydrogen (secondary N) is 1. The molecule has 0 spiro atoms. The van der Waals surface area contributed by atoms with E-state index in [0.717, 1.165) is 8.47 Å². The first-order valence-electron chi connectivity index (χ1n) is 7.52. The third kappa shape index (κ3) is 3.96. The highest BCUT2D eigenvalue weighted by molar-refractivity contribution is 14.1. The number of thiocarbonyl (C=S) groups is 1. The second-order valence-corrected chi connectivity index (χ2v) is 7.76. The van der Waals surface area contributed by atoms with Gasteiger partial charge in [-0.05, 0) is 70.7 Å². The Morgan fingerprint density at radius 1 is 1.22 bits per heavy atom. The second-order valence-electron chi connectivity index (χ2n) is 5.42. The van der Waals surface area contributed by atoms with E-state index in [2.05, 4.69) is 27.9 Å². The summed E-state index contributed by atoms with van der Waals surface area (Å²) in [6, 6.07) is 10.2. The van der Waals surface area contributed by atoms with Gasteiger partial charge in [0.15, 0.2) is 5.11 Å². The summed E-state index contributed by atoms with van der Waals surface area (Å²) in [4.78, 5) is 26.5. The molecule has 9 heteroatoms. The predicted molar refractivity (Wildman–Crippen MR) is 118 cm³/mol. The summed E-state index contributed by atoms with van der Waals surface area (Å²) in [5.74, 6) is -0.463. The lowest BCUT2D eigenvalue weighted by Crippen LogP contribution is -2.54. The van der Waals surface area contributed by atoms with Crippen LogP contribution in [0.25, 0.3) is 6.08 Å². The van der Waals surface area contributed by atoms with Gasteiger partial charge in [0.2, 0.25) is 0 Å². The van der Waals surface area contributed by atoms with Crippen molar-refractivity contribution in [3.05, 3.63) is 61.2 Å². The van der Waals surface area contributed by atoms with Crippen molar-refractivity contribution in [1.29, 1.82) is 0 Å². The highest BCUT2D eigenvalue weighted by Crippen LogP contribution is 2.34. The Balaban J connectivity index is 2.05. The van der Waals surface area contributed by atoms with E-state index >= 15 is 0 Å². The maximum atomic E-state index is 13.0. The highest BCUT2D eigenvalue weighted by Gasteiger charge is 2.35. The lowest BCUT2D eigenvalue weighted by atomic mass is 10.1. The summed E-state index contributed by atoms with van der Waals surface area (Å²) in [5, 5.41) is 2.90. The summed E-state index contributed by atoms with van der Waals surface area (Å²) in [7, 11) is 1.57. The molecule has 0 radical (unpaired) electrons. The van der Waals surface area contributed by atoms with Gasteiger partial charge in [-0.25, -0.2) is 0 Å². The number of ether oxygens (including phenoxy) is 1. The number of anilines is 1. The average Bonchev–Trinajstić information content (AvgIpc) is 2.62. The third-order valence-corrected chi connectivity index (χ3v) is 5.70. The minimum absolute atomic E-state index is 0.0596. The van der Waals surface area contributed by atoms with Crippen molar-refractivity contribution in [2.45, 2.75) is 0 Å². The van der Waals surface area contributed by atoms with Crippen molar-refractivity contribution in [3.63, 3.8) is 0 Å². The van der Waals surface area contributed by atoms with E-state index in [1.165, 1.54) is 6.08 Å². The molecule has 1 N–H and O–H groups in total. The van der Waals surface area contributed by atoms with Crippen molar-refractivity contribution >= 4 is 86.7 Å². The largest absolute Gasteiger partial charge is 0.496 e. The molecule has 0 aliphatic carbocycles. The van der Waals surface area contributed by atoms with E-state index in [-0.39, 0.29) is 20.7 Å². The fraction of sp³-hybridized carbons (Fsp3) is 0.0556. The number of halogens is 3. The molecule has 0 saturated carbocycles. The molecule has 2 aromatic rings. The number of rotatable bonds is 3. The van der Waals surface area contributed by atoms with Crippen molar-refractivity contribution < 1.29 is 14.3 Å². The molecular weight excluding hydrogens is 522 g/mol. The number of carbonyl (C=O) groups excluding carboxylic acids is 2. The Bertz CT molecular complexity index is 1010. The molecule has 3 rings (SSSR count). The van der Waals surface area contributed by atoms with E-state index in [0.29, 0.717) is 17.0 Å². The second kappa shape index (κ2) is 8.14. The van der Waals surface area contributed by atoms with Crippen LogP contribution in [0.2, 0.25) is 10.0 Å². The van der Waals surface area contributed by atoms with Crippen LogP contribution in [0.3, 0.4) is 0 Å². The van der Waals surface area contributed by atoms with Gasteiger partial charge in [-0.15, -0.1) is 0 Å². The standard InChI is InChI=1S/C18H11Cl2IN2O3S/c1-26-14-6-5-9(8-12(14)21)7-10-16(24)22-18(27)23(17(10)25)13-4-2-3-11(19)15(13)20/h2-8H,1H3,(H,22,24,27)/b10-7+. The normalized spacial score (nSPS) is 15.9. The molecule has 0 bridgehead atoms. The Kier molecular flexibility index (Phi) is 6.05. The number of carbonyl (C=O) groups is 2. The molecule has 27 heavy (non-hydrogen) atoms. The van der Waals surface area contributed by atoms with Crippen LogP contribution in [-0.4, -0.2) is 24.0 Å². The van der Waals surface area contributed by atoms with E-state index in [1.807, 2.05) is 0 Å². The summed E-state index contributed by atoms with van der Waals surface area (Å²) < 4.78 is 6.06. The number of methoxy groups -OCH3 is 1. The average molecular weight is 533 g/mol. The van der Waals surface area contributed by atoms with Crippen molar-refractivity contribution in [1.82, 2.24) is 5.32 Å². The summed E-state index contributed by atoms with van der Waals surface area (Å²) in [6.45, 7) is 0. The maximum Gasteiger partial charge on any atom is 0.270 e. The zero-order valence-corrected chi connectivity index (χ0v) is 18.2. The smallest absolute Gasteiger partial charge is 0.270 e. The predicted octanol–water partition coefficient (Wildman–Crippen LogP) is 4.44. The number of benzene rings is 2. The Morgan fingerprint density at radius 2 is 1.96 bits per heavy atom. The molecule has 138 valence electrons. The fourth-order valence-electron chi connectivity index (χ4n) is 2.48. The van der Waals surface area contributed by atoms with Crippen LogP contribution in [0.5, 0.6) is 5.75 Å². The topological polar surface area (TPSA) is 58.6 Å². The molecule has 5 nitrogen and oxygen atoms in total. The van der Waals surface area contributed by atoms with E-state index in [9.17, 15) is 9.59 Å². The number of nitrogens with zero attached hydrogens (tertiary/aromatic N) is 1. The highest BCUT2D eigenvalue weighted by atomic mass is 127. The van der Waals surface area contributed by atoms with Gasteiger partial charge in [0.05, 0.1) is 26.4 Å². The van der Waals surface area contributed by atoms with E-state index in [1.54, 1.807) is 43.5 Å². The van der Waals surface area contributed by atoms with Crippen LogP contribution in [0.15, 0.2) is 42.0 Å². The molecular formula is C18H11Cl2IN2O3S. The van der Waals surface area contributed by atoms with Crippen LogP contribution in [0.1, 0.15) is 5.56 Å². The molecule has 1 saturated heterocycles.